The molecule has 0 aliphatic heterocycles. The number of rotatable bonds is 9. The molecule has 0 aliphatic rings. The number of primary amides is 1. The lowest BCUT2D eigenvalue weighted by Crippen LogP contribution is -2.44. The summed E-state index contributed by atoms with van der Waals surface area (Å²) in [6.07, 6.45) is 2.54. The van der Waals surface area contributed by atoms with E-state index in [0.29, 0.717) is 23.7 Å². The third-order valence-electron chi connectivity index (χ3n) is 6.30. The zero-order chi connectivity index (χ0) is 27.6. The van der Waals surface area contributed by atoms with Gasteiger partial charge in [0.05, 0.1) is 5.69 Å². The predicted octanol–water partition coefficient (Wildman–Crippen LogP) is 4.47. The van der Waals surface area contributed by atoms with E-state index in [1.807, 2.05) is 56.3 Å². The molecule has 0 saturated heterocycles. The van der Waals surface area contributed by atoms with Crippen LogP contribution in [0.25, 0.3) is 10.9 Å². The molecule has 2 aromatic heterocycles. The zero-order valence-corrected chi connectivity index (χ0v) is 22.7. The summed E-state index contributed by atoms with van der Waals surface area (Å²) in [7, 11) is 0. The Morgan fingerprint density at radius 1 is 1.11 bits per heavy atom. The van der Waals surface area contributed by atoms with Crippen LogP contribution in [0.1, 0.15) is 63.2 Å². The van der Waals surface area contributed by atoms with E-state index in [2.05, 4.69) is 28.5 Å². The van der Waals surface area contributed by atoms with Gasteiger partial charge in [-0.3, -0.25) is 19.3 Å². The molecule has 198 valence electrons. The van der Waals surface area contributed by atoms with Crippen LogP contribution in [-0.4, -0.2) is 33.6 Å². The Balaban J connectivity index is 1.93. The number of para-hydroxylation sites is 1. The minimum absolute atomic E-state index is 0.0396. The first-order chi connectivity index (χ1) is 18.1. The van der Waals surface area contributed by atoms with Crippen molar-refractivity contribution in [3.8, 4) is 0 Å². The van der Waals surface area contributed by atoms with Crippen LogP contribution in [0.5, 0.6) is 0 Å². The molecular weight excluding hydrogens is 500 g/mol. The van der Waals surface area contributed by atoms with Crippen molar-refractivity contribution in [2.24, 2.45) is 11.7 Å². The summed E-state index contributed by atoms with van der Waals surface area (Å²) in [6, 6.07) is 12.3. The molecular formula is C28H32N6O3S. The number of nitrogens with one attached hydrogen (secondary N) is 2. The highest BCUT2D eigenvalue weighted by Gasteiger charge is 2.37. The zero-order valence-electron chi connectivity index (χ0n) is 21.9. The predicted molar refractivity (Wildman–Crippen MR) is 151 cm³/mol. The van der Waals surface area contributed by atoms with E-state index in [9.17, 15) is 14.4 Å². The highest BCUT2D eigenvalue weighted by atomic mass is 32.1. The first kappa shape index (κ1) is 26.9. The van der Waals surface area contributed by atoms with Crippen LogP contribution in [0.4, 0.5) is 11.4 Å². The number of fused-ring (bicyclic) bond motifs is 1. The van der Waals surface area contributed by atoms with E-state index in [-0.39, 0.29) is 22.2 Å². The van der Waals surface area contributed by atoms with E-state index in [0.717, 1.165) is 40.0 Å². The topological polar surface area (TPSA) is 147 Å². The number of carbonyl (C=O) groups excluding carboxylic acids is 3. The van der Waals surface area contributed by atoms with Crippen molar-refractivity contribution >= 4 is 51.5 Å². The lowest BCUT2D eigenvalue weighted by Gasteiger charge is -2.31. The number of aryl methyl sites for hydroxylation is 2. The van der Waals surface area contributed by atoms with Crippen LogP contribution >= 0.6 is 11.5 Å². The number of nitrogens with two attached hydrogens (primary N) is 2. The van der Waals surface area contributed by atoms with Gasteiger partial charge < -0.3 is 21.8 Å². The molecule has 9 nitrogen and oxygen atoms in total. The third kappa shape index (κ3) is 5.40. The van der Waals surface area contributed by atoms with Crippen LogP contribution in [-0.2, 0) is 4.79 Å². The number of H-pyrrole nitrogens is 1. The molecule has 1 atom stereocenters. The fourth-order valence-corrected chi connectivity index (χ4v) is 5.25. The number of aromatic nitrogens is 2. The third-order valence-corrected chi connectivity index (χ3v) is 7.15. The Bertz CT molecular complexity index is 1490. The molecule has 0 fully saturated rings. The Hall–Kier alpha value is -4.18. The van der Waals surface area contributed by atoms with Gasteiger partial charge in [0, 0.05) is 34.9 Å². The molecule has 0 unspecified atom stereocenters. The molecule has 38 heavy (non-hydrogen) atoms. The van der Waals surface area contributed by atoms with Crippen molar-refractivity contribution in [2.45, 2.75) is 40.2 Å². The van der Waals surface area contributed by atoms with E-state index in [1.165, 1.54) is 4.90 Å². The number of carbonyl (C=O) groups is 3. The van der Waals surface area contributed by atoms with Gasteiger partial charge in [0.1, 0.15) is 10.9 Å². The maximum atomic E-state index is 14.3. The van der Waals surface area contributed by atoms with Crippen molar-refractivity contribution in [3.63, 3.8) is 0 Å². The summed E-state index contributed by atoms with van der Waals surface area (Å²) in [4.78, 5) is 44.7. The number of hydrogen-bond donors (Lipinski definition) is 4. The largest absolute Gasteiger partial charge is 0.395 e. The Morgan fingerprint density at radius 2 is 1.79 bits per heavy atom. The van der Waals surface area contributed by atoms with Crippen molar-refractivity contribution in [3.05, 3.63) is 75.9 Å². The fraction of sp³-hybridized carbons (Fsp3) is 0.286. The molecule has 6 N–H and O–H groups in total. The number of hydrogen-bond acceptors (Lipinski definition) is 6. The molecule has 10 heteroatoms. The molecule has 4 aromatic rings. The summed E-state index contributed by atoms with van der Waals surface area (Å²) in [5.74, 6) is -1.31. The lowest BCUT2D eigenvalue weighted by molar-refractivity contribution is -0.122. The molecule has 0 aliphatic carbocycles. The summed E-state index contributed by atoms with van der Waals surface area (Å²) < 4.78 is 4.02. The second kappa shape index (κ2) is 11.1. The number of amides is 3. The number of nitrogens with zero attached hydrogens (tertiary/aromatic N) is 2. The van der Waals surface area contributed by atoms with Crippen molar-refractivity contribution in [2.75, 3.05) is 17.2 Å². The molecule has 2 aromatic carbocycles. The SMILES string of the molecule is Cc1cc(C)cc(N(C(=O)c2snc(C(N)=O)c2N)[C@@H](C(=O)NCCC(C)C)c2c[nH]c3ccccc23)c1. The van der Waals surface area contributed by atoms with E-state index < -0.39 is 17.9 Å². The van der Waals surface area contributed by atoms with Gasteiger partial charge in [0.15, 0.2) is 5.69 Å². The summed E-state index contributed by atoms with van der Waals surface area (Å²) in [5.41, 5.74) is 15.2. The molecule has 2 heterocycles. The molecule has 0 bridgehead atoms. The Labute approximate surface area is 225 Å². The van der Waals surface area contributed by atoms with E-state index in [1.54, 1.807) is 6.20 Å². The monoisotopic (exact) mass is 532 g/mol. The maximum absolute atomic E-state index is 14.3. The van der Waals surface area contributed by atoms with E-state index >= 15 is 0 Å². The quantitative estimate of drug-likeness (QED) is 0.251. The maximum Gasteiger partial charge on any atom is 0.273 e. The van der Waals surface area contributed by atoms with Gasteiger partial charge in [0.25, 0.3) is 11.8 Å². The minimum Gasteiger partial charge on any atom is -0.395 e. The highest BCUT2D eigenvalue weighted by Crippen LogP contribution is 2.36. The lowest BCUT2D eigenvalue weighted by atomic mass is 10.0. The molecule has 4 rings (SSSR count). The van der Waals surface area contributed by atoms with Gasteiger partial charge in [-0.15, -0.1) is 0 Å². The van der Waals surface area contributed by atoms with Gasteiger partial charge in [-0.25, -0.2) is 0 Å². The van der Waals surface area contributed by atoms with Gasteiger partial charge >= 0.3 is 0 Å². The minimum atomic E-state index is -1.04. The van der Waals surface area contributed by atoms with Gasteiger partial charge in [-0.2, -0.15) is 4.37 Å². The fourth-order valence-electron chi connectivity index (χ4n) is 4.51. The number of benzene rings is 2. The van der Waals surface area contributed by atoms with Gasteiger partial charge in [-0.05, 0) is 67.0 Å². The summed E-state index contributed by atoms with van der Waals surface area (Å²) in [5, 5.41) is 3.84. The van der Waals surface area contributed by atoms with Crippen LogP contribution in [0.15, 0.2) is 48.7 Å². The molecule has 0 spiro atoms. The number of anilines is 2. The average Bonchev–Trinajstić information content (AvgIpc) is 3.44. The van der Waals surface area contributed by atoms with Gasteiger partial charge in [-0.1, -0.05) is 38.1 Å². The number of nitrogen functional groups attached to an aromatic ring is 1. The smallest absolute Gasteiger partial charge is 0.273 e. The molecule has 3 amide bonds. The highest BCUT2D eigenvalue weighted by molar-refractivity contribution is 7.09. The normalized spacial score (nSPS) is 12.0. The van der Waals surface area contributed by atoms with Crippen LogP contribution in [0, 0.1) is 19.8 Å². The molecule has 0 saturated carbocycles. The summed E-state index contributed by atoms with van der Waals surface area (Å²) >= 11 is 0.789. The Kier molecular flexibility index (Phi) is 7.82. The first-order valence-electron chi connectivity index (χ1n) is 12.4. The second-order valence-corrected chi connectivity index (χ2v) is 10.6. The Morgan fingerprint density at radius 3 is 2.42 bits per heavy atom. The summed E-state index contributed by atoms with van der Waals surface area (Å²) in [6.45, 7) is 8.47. The molecule has 0 radical (unpaired) electrons. The van der Waals surface area contributed by atoms with Crippen LogP contribution in [0.2, 0.25) is 0 Å². The second-order valence-electron chi connectivity index (χ2n) is 9.82. The van der Waals surface area contributed by atoms with Crippen LogP contribution < -0.4 is 21.7 Å². The van der Waals surface area contributed by atoms with E-state index in [4.69, 9.17) is 11.5 Å². The first-order valence-corrected chi connectivity index (χ1v) is 13.2. The van der Waals surface area contributed by atoms with Crippen LogP contribution in [0.3, 0.4) is 0 Å². The van der Waals surface area contributed by atoms with Gasteiger partial charge in [0.2, 0.25) is 5.91 Å². The number of aromatic amines is 1. The standard InChI is InChI=1S/C28H32N6O3S/c1-15(2)9-10-31-27(36)24(20-14-32-21-8-6-5-7-19(20)21)34(18-12-16(3)11-17(4)13-18)28(37)25-22(29)23(26(30)35)33-38-25/h5-8,11-15,24,32H,9-10,29H2,1-4H3,(H2,30,35)(H,31,36)/t24-/m1/s1. The average molecular weight is 533 g/mol. The van der Waals surface area contributed by atoms with Crippen molar-refractivity contribution < 1.29 is 14.4 Å². The van der Waals surface area contributed by atoms with Crippen molar-refractivity contribution in [1.82, 2.24) is 14.7 Å². The van der Waals surface area contributed by atoms with Crippen molar-refractivity contribution in [1.29, 1.82) is 0 Å².